The van der Waals surface area contributed by atoms with Crippen molar-refractivity contribution < 1.29 is 9.59 Å². The fourth-order valence-electron chi connectivity index (χ4n) is 3.74. The lowest BCUT2D eigenvalue weighted by atomic mass is 9.67. The minimum atomic E-state index is -1.00. The van der Waals surface area contributed by atoms with Crippen LogP contribution in [0.25, 0.3) is 10.9 Å². The maximum atomic E-state index is 13.0. The summed E-state index contributed by atoms with van der Waals surface area (Å²) in [6.45, 7) is 1.80. The number of amides is 1. The number of nitrogens with one attached hydrogen (secondary N) is 2. The molecule has 1 aromatic heterocycles. The normalized spacial score (nSPS) is 21.0. The first-order chi connectivity index (χ1) is 11.2. The molecular formula is C19H16N2O2. The molecule has 4 rings (SSSR count). The van der Waals surface area contributed by atoms with Crippen molar-refractivity contribution in [2.24, 2.45) is 5.92 Å². The minimum Gasteiger partial charge on any atom is -0.361 e. The van der Waals surface area contributed by atoms with Gasteiger partial charge in [0.2, 0.25) is 5.91 Å². The van der Waals surface area contributed by atoms with E-state index in [-0.39, 0.29) is 5.91 Å². The van der Waals surface area contributed by atoms with E-state index in [4.69, 9.17) is 0 Å². The van der Waals surface area contributed by atoms with Crippen LogP contribution in [0.15, 0.2) is 54.7 Å². The van der Waals surface area contributed by atoms with Crippen molar-refractivity contribution in [3.05, 3.63) is 65.9 Å². The molecule has 114 valence electrons. The Morgan fingerprint density at radius 1 is 1.04 bits per heavy atom. The maximum absolute atomic E-state index is 13.0. The fourth-order valence-corrected chi connectivity index (χ4v) is 3.74. The second-order valence-electron chi connectivity index (χ2n) is 5.98. The van der Waals surface area contributed by atoms with E-state index in [1.54, 1.807) is 6.92 Å². The van der Waals surface area contributed by atoms with Gasteiger partial charge in [0.15, 0.2) is 0 Å². The Kier molecular flexibility index (Phi) is 2.88. The Bertz CT molecular complexity index is 928. The molecule has 0 bridgehead atoms. The Balaban J connectivity index is 2.10. The molecular weight excluding hydrogens is 288 g/mol. The van der Waals surface area contributed by atoms with Gasteiger partial charge in [0, 0.05) is 28.7 Å². The highest BCUT2D eigenvalue weighted by molar-refractivity contribution is 6.12. The molecule has 23 heavy (non-hydrogen) atoms. The van der Waals surface area contributed by atoms with E-state index in [0.717, 1.165) is 34.0 Å². The molecule has 2 aromatic carbocycles. The Morgan fingerprint density at radius 3 is 2.61 bits per heavy atom. The number of aromatic amines is 1. The van der Waals surface area contributed by atoms with E-state index in [0.29, 0.717) is 0 Å². The predicted molar refractivity (Wildman–Crippen MR) is 89.4 cm³/mol. The zero-order valence-electron chi connectivity index (χ0n) is 12.7. The van der Waals surface area contributed by atoms with Crippen LogP contribution in [0.5, 0.6) is 0 Å². The molecule has 0 saturated heterocycles. The number of fused-ring (bicyclic) bond motifs is 2. The number of hydrogen-bond acceptors (Lipinski definition) is 2. The number of hydrogen-bond donors (Lipinski definition) is 2. The van der Waals surface area contributed by atoms with Gasteiger partial charge in [0.05, 0.1) is 0 Å². The van der Waals surface area contributed by atoms with Gasteiger partial charge in [0.25, 0.3) is 0 Å². The average molecular weight is 304 g/mol. The molecule has 0 unspecified atom stereocenters. The average Bonchev–Trinajstić information content (AvgIpc) is 3.13. The van der Waals surface area contributed by atoms with Gasteiger partial charge in [-0.2, -0.15) is 0 Å². The van der Waals surface area contributed by atoms with Crippen LogP contribution in [0, 0.1) is 5.92 Å². The molecule has 2 N–H and O–H groups in total. The fraction of sp³-hybridized carbons (Fsp3) is 0.158. The number of rotatable bonds is 3. The van der Waals surface area contributed by atoms with Gasteiger partial charge in [-0.15, -0.1) is 0 Å². The van der Waals surface area contributed by atoms with Crippen molar-refractivity contribution in [2.45, 2.75) is 12.3 Å². The SMILES string of the molecule is C[C@@H](C=O)[C@]1(c2c[nH]c3ccccc23)C(=O)Nc2ccccc21. The topological polar surface area (TPSA) is 62.0 Å². The summed E-state index contributed by atoms with van der Waals surface area (Å²) in [4.78, 5) is 27.9. The Morgan fingerprint density at radius 2 is 1.78 bits per heavy atom. The molecule has 0 spiro atoms. The van der Waals surface area contributed by atoms with Gasteiger partial charge in [0.1, 0.15) is 11.7 Å². The maximum Gasteiger partial charge on any atom is 0.240 e. The Hall–Kier alpha value is -2.88. The van der Waals surface area contributed by atoms with E-state index in [1.807, 2.05) is 54.7 Å². The molecule has 4 heteroatoms. The lowest BCUT2D eigenvalue weighted by molar-refractivity contribution is -0.124. The van der Waals surface area contributed by atoms with Crippen molar-refractivity contribution in [3.63, 3.8) is 0 Å². The number of H-pyrrole nitrogens is 1. The van der Waals surface area contributed by atoms with Crippen molar-refractivity contribution in [1.82, 2.24) is 4.98 Å². The largest absolute Gasteiger partial charge is 0.361 e. The second kappa shape index (κ2) is 4.81. The number of aldehydes is 1. The summed E-state index contributed by atoms with van der Waals surface area (Å²) in [7, 11) is 0. The highest BCUT2D eigenvalue weighted by Crippen LogP contribution is 2.49. The van der Waals surface area contributed by atoms with Crippen LogP contribution >= 0.6 is 0 Å². The number of para-hydroxylation sites is 2. The van der Waals surface area contributed by atoms with E-state index >= 15 is 0 Å². The number of anilines is 1. The number of benzene rings is 2. The van der Waals surface area contributed by atoms with Gasteiger partial charge >= 0.3 is 0 Å². The summed E-state index contributed by atoms with van der Waals surface area (Å²) in [5.41, 5.74) is 2.43. The molecule has 3 aromatic rings. The third-order valence-corrected chi connectivity index (χ3v) is 4.86. The first-order valence-corrected chi connectivity index (χ1v) is 7.62. The second-order valence-corrected chi connectivity index (χ2v) is 5.98. The quantitative estimate of drug-likeness (QED) is 0.730. The molecule has 1 aliphatic heterocycles. The molecule has 2 atom stereocenters. The van der Waals surface area contributed by atoms with Crippen LogP contribution in [0.2, 0.25) is 0 Å². The van der Waals surface area contributed by atoms with E-state index in [2.05, 4.69) is 10.3 Å². The zero-order chi connectivity index (χ0) is 16.0. The van der Waals surface area contributed by atoms with E-state index < -0.39 is 11.3 Å². The van der Waals surface area contributed by atoms with Crippen LogP contribution in [-0.2, 0) is 15.0 Å². The first-order valence-electron chi connectivity index (χ1n) is 7.62. The Labute approximate surface area is 133 Å². The lowest BCUT2D eigenvalue weighted by Gasteiger charge is -2.30. The van der Waals surface area contributed by atoms with Crippen LogP contribution in [-0.4, -0.2) is 17.2 Å². The minimum absolute atomic E-state index is 0.150. The molecule has 4 nitrogen and oxygen atoms in total. The number of carbonyl (C=O) groups excluding carboxylic acids is 2. The van der Waals surface area contributed by atoms with Gasteiger partial charge < -0.3 is 15.1 Å². The molecule has 0 saturated carbocycles. The van der Waals surface area contributed by atoms with Gasteiger partial charge in [-0.25, -0.2) is 0 Å². The monoisotopic (exact) mass is 304 g/mol. The standard InChI is InChI=1S/C19H16N2O2/c1-12(11-22)19(14-7-3-5-9-17(14)21-18(19)23)15-10-20-16-8-4-2-6-13(15)16/h2-12,20H,1H3,(H,21,23)/t12-,19-/m0/s1. The summed E-state index contributed by atoms with van der Waals surface area (Å²) in [5, 5.41) is 3.91. The number of aromatic nitrogens is 1. The summed E-state index contributed by atoms with van der Waals surface area (Å²) in [6, 6.07) is 15.4. The highest BCUT2D eigenvalue weighted by atomic mass is 16.2. The molecule has 0 aliphatic carbocycles. The highest BCUT2D eigenvalue weighted by Gasteiger charge is 2.53. The van der Waals surface area contributed by atoms with Gasteiger partial charge in [-0.3, -0.25) is 4.79 Å². The van der Waals surface area contributed by atoms with Crippen molar-refractivity contribution in [3.8, 4) is 0 Å². The molecule has 0 fully saturated rings. The van der Waals surface area contributed by atoms with Crippen LogP contribution < -0.4 is 5.32 Å². The van der Waals surface area contributed by atoms with E-state index in [9.17, 15) is 9.59 Å². The summed E-state index contributed by atoms with van der Waals surface area (Å²) < 4.78 is 0. The van der Waals surface area contributed by atoms with Gasteiger partial charge in [-0.1, -0.05) is 43.3 Å². The van der Waals surface area contributed by atoms with Gasteiger partial charge in [-0.05, 0) is 23.3 Å². The predicted octanol–water partition coefficient (Wildman–Crippen LogP) is 3.24. The third-order valence-electron chi connectivity index (χ3n) is 4.86. The zero-order valence-corrected chi connectivity index (χ0v) is 12.7. The molecule has 2 heterocycles. The summed E-state index contributed by atoms with van der Waals surface area (Å²) >= 11 is 0. The first kappa shape index (κ1) is 13.8. The number of carbonyl (C=O) groups is 2. The van der Waals surface area contributed by atoms with Crippen LogP contribution in [0.4, 0.5) is 5.69 Å². The van der Waals surface area contributed by atoms with Crippen LogP contribution in [0.1, 0.15) is 18.1 Å². The van der Waals surface area contributed by atoms with Crippen molar-refractivity contribution in [1.29, 1.82) is 0 Å². The molecule has 1 aliphatic rings. The third kappa shape index (κ3) is 1.66. The summed E-state index contributed by atoms with van der Waals surface area (Å²) in [5.74, 6) is -0.631. The van der Waals surface area contributed by atoms with E-state index in [1.165, 1.54) is 0 Å². The molecule has 1 amide bonds. The lowest BCUT2D eigenvalue weighted by Crippen LogP contribution is -2.42. The van der Waals surface area contributed by atoms with Crippen molar-refractivity contribution in [2.75, 3.05) is 5.32 Å². The molecule has 0 radical (unpaired) electrons. The van der Waals surface area contributed by atoms with Crippen LogP contribution in [0.3, 0.4) is 0 Å². The smallest absolute Gasteiger partial charge is 0.240 e. The summed E-state index contributed by atoms with van der Waals surface area (Å²) in [6.07, 6.45) is 2.72. The van der Waals surface area contributed by atoms with Crippen molar-refractivity contribution >= 4 is 28.8 Å².